The molecule has 1 radical (unpaired) electrons. The minimum atomic E-state index is -0.0963. The van der Waals surface area contributed by atoms with Crippen molar-refractivity contribution < 1.29 is 4.79 Å². The largest absolute Gasteiger partial charge is 0.338 e. The molecular formula is C8H17N2O. The summed E-state index contributed by atoms with van der Waals surface area (Å²) in [6.07, 6.45) is 2.18. The zero-order valence-corrected chi connectivity index (χ0v) is 7.63. The molecule has 11 heavy (non-hydrogen) atoms. The van der Waals surface area contributed by atoms with E-state index in [4.69, 9.17) is 0 Å². The Morgan fingerprint density at radius 3 is 2.45 bits per heavy atom. The van der Waals surface area contributed by atoms with E-state index in [0.717, 1.165) is 25.9 Å². The average Bonchev–Trinajstić information content (AvgIpc) is 2.05. The molecule has 0 unspecified atom stereocenters. The van der Waals surface area contributed by atoms with Crippen molar-refractivity contribution in [3.8, 4) is 0 Å². The molecule has 0 saturated heterocycles. The summed E-state index contributed by atoms with van der Waals surface area (Å²) in [7, 11) is 1.54. The van der Waals surface area contributed by atoms with Gasteiger partial charge in [0.15, 0.2) is 0 Å². The number of nitrogens with zero attached hydrogens (tertiary/aromatic N) is 2. The first-order valence-corrected chi connectivity index (χ1v) is 4.15. The van der Waals surface area contributed by atoms with Gasteiger partial charge >= 0.3 is 6.03 Å². The lowest BCUT2D eigenvalue weighted by Gasteiger charge is -2.18. The Kier molecular flexibility index (Phi) is 5.61. The fraction of sp³-hybridized carbons (Fsp3) is 0.875. The van der Waals surface area contributed by atoms with E-state index in [-0.39, 0.29) is 6.03 Å². The Balaban J connectivity index is 3.65. The van der Waals surface area contributed by atoms with E-state index in [1.165, 1.54) is 7.05 Å². The van der Waals surface area contributed by atoms with Gasteiger partial charge in [0.1, 0.15) is 0 Å². The van der Waals surface area contributed by atoms with Gasteiger partial charge in [-0.05, 0) is 13.3 Å². The van der Waals surface area contributed by atoms with Crippen molar-refractivity contribution in [3.63, 3.8) is 0 Å². The van der Waals surface area contributed by atoms with Crippen molar-refractivity contribution in [2.45, 2.75) is 26.7 Å². The minimum absolute atomic E-state index is 0.0963. The number of hydrogen-bond donors (Lipinski definition) is 0. The van der Waals surface area contributed by atoms with Gasteiger partial charge < -0.3 is 4.90 Å². The number of urea groups is 1. The maximum atomic E-state index is 11.0. The summed E-state index contributed by atoms with van der Waals surface area (Å²) in [5.41, 5.74) is 0. The summed E-state index contributed by atoms with van der Waals surface area (Å²) in [6.45, 7) is 5.68. The maximum Gasteiger partial charge on any atom is 0.338 e. The molecule has 0 aromatic carbocycles. The van der Waals surface area contributed by atoms with Crippen LogP contribution in [0.5, 0.6) is 0 Å². The van der Waals surface area contributed by atoms with Crippen LogP contribution >= 0.6 is 0 Å². The van der Waals surface area contributed by atoms with Crippen molar-refractivity contribution in [2.75, 3.05) is 20.1 Å². The predicted octanol–water partition coefficient (Wildman–Crippen LogP) is 1.46. The summed E-state index contributed by atoms with van der Waals surface area (Å²) >= 11 is 0. The lowest BCUT2D eigenvalue weighted by Crippen LogP contribution is -2.35. The van der Waals surface area contributed by atoms with Crippen LogP contribution in [0.4, 0.5) is 4.79 Å². The van der Waals surface area contributed by atoms with Gasteiger partial charge in [-0.1, -0.05) is 13.3 Å². The summed E-state index contributed by atoms with van der Waals surface area (Å²) in [6, 6.07) is -0.0963. The van der Waals surface area contributed by atoms with Crippen molar-refractivity contribution in [1.29, 1.82) is 0 Å². The molecule has 0 aromatic heterocycles. The molecule has 0 aliphatic heterocycles. The second kappa shape index (κ2) is 6.01. The molecule has 0 aliphatic rings. The van der Waals surface area contributed by atoms with Crippen LogP contribution in [-0.2, 0) is 0 Å². The number of rotatable bonds is 4. The first kappa shape index (κ1) is 10.3. The fourth-order valence-electron chi connectivity index (χ4n) is 0.879. The molecule has 0 spiro atoms. The Morgan fingerprint density at radius 2 is 2.09 bits per heavy atom. The molecule has 0 aromatic rings. The van der Waals surface area contributed by atoms with Crippen LogP contribution in [0.1, 0.15) is 26.7 Å². The summed E-state index contributed by atoms with van der Waals surface area (Å²) in [4.78, 5) is 12.8. The Bertz CT molecular complexity index is 115. The highest BCUT2D eigenvalue weighted by atomic mass is 16.2. The molecule has 2 amide bonds. The number of carbonyl (C=O) groups is 1. The fourth-order valence-corrected chi connectivity index (χ4v) is 0.879. The summed E-state index contributed by atoms with van der Waals surface area (Å²) in [5.74, 6) is 0. The predicted molar refractivity (Wildman–Crippen MR) is 45.6 cm³/mol. The van der Waals surface area contributed by atoms with E-state index in [1.807, 2.05) is 6.92 Å². The molecule has 3 heteroatoms. The highest BCUT2D eigenvalue weighted by molar-refractivity contribution is 5.73. The number of hydrogen-bond acceptors (Lipinski definition) is 1. The van der Waals surface area contributed by atoms with Crippen LogP contribution in [0.3, 0.4) is 0 Å². The molecule has 0 N–H and O–H groups in total. The molecular weight excluding hydrogens is 140 g/mol. The van der Waals surface area contributed by atoms with Crippen LogP contribution in [0.15, 0.2) is 0 Å². The third-order valence-corrected chi connectivity index (χ3v) is 1.63. The third-order valence-electron chi connectivity index (χ3n) is 1.63. The average molecular weight is 157 g/mol. The minimum Gasteiger partial charge on any atom is -0.324 e. The molecule has 0 fully saturated rings. The van der Waals surface area contributed by atoms with Gasteiger partial charge in [-0.25, -0.2) is 10.1 Å². The van der Waals surface area contributed by atoms with Crippen molar-refractivity contribution >= 4 is 6.03 Å². The smallest absolute Gasteiger partial charge is 0.324 e. The number of carbonyl (C=O) groups excluding carboxylic acids is 1. The van der Waals surface area contributed by atoms with Gasteiger partial charge in [-0.2, -0.15) is 0 Å². The third kappa shape index (κ3) is 3.86. The normalized spacial score (nSPS) is 9.36. The first-order chi connectivity index (χ1) is 5.26. The van der Waals surface area contributed by atoms with E-state index in [2.05, 4.69) is 12.2 Å². The Hall–Kier alpha value is -0.730. The topological polar surface area (TPSA) is 34.4 Å². The molecule has 65 valence electrons. The highest BCUT2D eigenvalue weighted by Crippen LogP contribution is 1.94. The van der Waals surface area contributed by atoms with Gasteiger partial charge in [0.2, 0.25) is 0 Å². The van der Waals surface area contributed by atoms with Crippen molar-refractivity contribution in [2.24, 2.45) is 0 Å². The zero-order chi connectivity index (χ0) is 8.69. The summed E-state index contributed by atoms with van der Waals surface area (Å²) in [5, 5.41) is 3.60. The Morgan fingerprint density at radius 1 is 1.45 bits per heavy atom. The molecule has 0 saturated carbocycles. The molecule has 0 bridgehead atoms. The molecule has 0 aliphatic carbocycles. The van der Waals surface area contributed by atoms with Crippen molar-refractivity contribution in [1.82, 2.24) is 10.2 Å². The maximum absolute atomic E-state index is 11.0. The van der Waals surface area contributed by atoms with Crippen LogP contribution < -0.4 is 5.32 Å². The second-order valence-corrected chi connectivity index (χ2v) is 2.44. The van der Waals surface area contributed by atoms with E-state index >= 15 is 0 Å². The van der Waals surface area contributed by atoms with Crippen LogP contribution in [0.25, 0.3) is 0 Å². The van der Waals surface area contributed by atoms with Crippen molar-refractivity contribution in [3.05, 3.63) is 0 Å². The highest BCUT2D eigenvalue weighted by Gasteiger charge is 2.08. The quantitative estimate of drug-likeness (QED) is 0.608. The monoisotopic (exact) mass is 157 g/mol. The van der Waals surface area contributed by atoms with Gasteiger partial charge in [-0.15, -0.1) is 0 Å². The van der Waals surface area contributed by atoms with Gasteiger partial charge in [0, 0.05) is 20.1 Å². The Labute approximate surface area is 68.8 Å². The SMILES string of the molecule is CCCCN(CC)C(=O)[N]C. The molecule has 0 rings (SSSR count). The van der Waals surface area contributed by atoms with E-state index in [1.54, 1.807) is 4.90 Å². The van der Waals surface area contributed by atoms with Crippen LogP contribution in [0, 0.1) is 0 Å². The number of amides is 2. The second-order valence-electron chi connectivity index (χ2n) is 2.44. The van der Waals surface area contributed by atoms with Gasteiger partial charge in [0.25, 0.3) is 0 Å². The van der Waals surface area contributed by atoms with E-state index in [9.17, 15) is 4.79 Å². The van der Waals surface area contributed by atoms with E-state index in [0.29, 0.717) is 0 Å². The first-order valence-electron chi connectivity index (χ1n) is 4.15. The van der Waals surface area contributed by atoms with Crippen LogP contribution in [-0.4, -0.2) is 31.1 Å². The van der Waals surface area contributed by atoms with E-state index < -0.39 is 0 Å². The molecule has 3 nitrogen and oxygen atoms in total. The van der Waals surface area contributed by atoms with Gasteiger partial charge in [0.05, 0.1) is 0 Å². The molecule has 0 atom stereocenters. The van der Waals surface area contributed by atoms with Gasteiger partial charge in [-0.3, -0.25) is 0 Å². The standard InChI is InChI=1S/C8H17N2O/c1-4-6-7-10(5-2)8(11)9-3/h4-7H2,1-3H3. The summed E-state index contributed by atoms with van der Waals surface area (Å²) < 4.78 is 0. The zero-order valence-electron chi connectivity index (χ0n) is 7.63. The van der Waals surface area contributed by atoms with Crippen LogP contribution in [0.2, 0.25) is 0 Å². The molecule has 0 heterocycles. The lowest BCUT2D eigenvalue weighted by atomic mass is 10.3. The lowest BCUT2D eigenvalue weighted by molar-refractivity contribution is 0.201. The number of unbranched alkanes of at least 4 members (excludes halogenated alkanes) is 1.